The van der Waals surface area contributed by atoms with Crippen LogP contribution in [0.1, 0.15) is 111 Å². The van der Waals surface area contributed by atoms with Crippen molar-refractivity contribution in [1.29, 1.82) is 0 Å². The van der Waals surface area contributed by atoms with E-state index in [1.807, 2.05) is 182 Å². The predicted octanol–water partition coefficient (Wildman–Crippen LogP) is 30.7. The molecule has 7 heterocycles. The average Bonchev–Trinajstić information content (AvgIpc) is 1.58. The third-order valence-corrected chi connectivity index (χ3v) is 23.2. The number of benzene rings is 12. The van der Waals surface area contributed by atoms with E-state index in [-0.39, 0.29) is 158 Å². The van der Waals surface area contributed by atoms with Crippen LogP contribution in [-0.2, 0) is 131 Å². The Morgan fingerprint density at radius 2 is 0.745 bits per heavy atom. The van der Waals surface area contributed by atoms with Crippen LogP contribution in [0.4, 0.5) is 0 Å². The molecule has 743 valence electrons. The van der Waals surface area contributed by atoms with Crippen molar-refractivity contribution in [3.8, 4) is 100 Å². The fourth-order valence-electron chi connectivity index (χ4n) is 15.9. The number of allylic oxidation sites excluding steroid dienone is 8. The summed E-state index contributed by atoms with van der Waals surface area (Å²) in [6.45, 7) is 22.7. The van der Waals surface area contributed by atoms with Crippen molar-refractivity contribution in [3.05, 3.63) is 482 Å². The Kier molecular flexibility index (Phi) is 47.6. The van der Waals surface area contributed by atoms with Crippen LogP contribution in [0.15, 0.2) is 418 Å². The molecular formula is C125H108Ir5N6O8S-6. The van der Waals surface area contributed by atoms with E-state index in [2.05, 4.69) is 273 Å². The molecule has 4 N–H and O–H groups in total. The van der Waals surface area contributed by atoms with Gasteiger partial charge in [0.2, 0.25) is 0 Å². The van der Waals surface area contributed by atoms with Gasteiger partial charge in [0.1, 0.15) is 0 Å². The fraction of sp³-hybridized carbons (Fsp3) is 0.120. The van der Waals surface area contributed by atoms with Gasteiger partial charge in [0.15, 0.2) is 23.1 Å². The first-order valence-corrected chi connectivity index (χ1v) is 46.4. The van der Waals surface area contributed by atoms with Crippen LogP contribution in [-0.4, -0.2) is 73.5 Å². The summed E-state index contributed by atoms with van der Waals surface area (Å²) in [5.74, 6) is -0.250. The molecule has 2 aliphatic rings. The van der Waals surface area contributed by atoms with Gasteiger partial charge in [0.05, 0.1) is 34.1 Å². The number of thiophene rings is 1. The molecule has 21 rings (SSSR count). The maximum absolute atomic E-state index is 10.0. The molecule has 5 radical (unpaired) electrons. The summed E-state index contributed by atoms with van der Waals surface area (Å²) in [5.41, 5.74) is 27.6. The number of hydrogen-bond acceptors (Lipinski definition) is 15. The molecule has 14 nitrogen and oxygen atoms in total. The Labute approximate surface area is 921 Å². The monoisotopic (exact) mass is 2820 g/mol. The number of pyridine rings is 6. The van der Waals surface area contributed by atoms with E-state index >= 15 is 0 Å². The van der Waals surface area contributed by atoms with Crippen molar-refractivity contribution >= 4 is 77.1 Å². The number of carbonyl (C=O) groups is 4. The van der Waals surface area contributed by atoms with Crippen molar-refractivity contribution in [2.75, 3.05) is 0 Å². The Bertz CT molecular complexity index is 7420. The van der Waals surface area contributed by atoms with Crippen molar-refractivity contribution in [3.63, 3.8) is 0 Å². The van der Waals surface area contributed by atoms with Crippen LogP contribution in [0.2, 0.25) is 0 Å². The standard InChI is InChI=1S/C24H18N.C22H16N.C20H16N.C15H10N.C13H8NS.C11H8N.4C5H8O2.5Ir/c1-24(2)20-9-5-4-8-18(20)19-13-11-17(15-21(19)24)23-14-12-16-7-3-6-10-22(16)25-23;1-16-9-5-6-12-18(16)22-15-20(17-10-3-2-4-11-17)19-13-7-8-14-21(19)23-22;1-20(2)17-8-4-3-7-15(17)16-11-10-14(13-18(16)20)19-9-5-6-12-21-19;1-2-7-13(8-3-1)15-14-9-5-4-6-12(14)10-11-16-15;1-2-7-12-10(5-1)9-13(15-12)11-6-3-4-8-14-11;1-2-6-10(7-3-1)11-8-4-5-9-12-11;4*1-4(6)3-5(2)7;;;;;/h3-10,12-15H,1-2H3;2-11,13-15H,1H3;3-9,11-13H,1-2H3;1-7,9-11H;1-8H;1-6,8-9H;4*3,6H,1-2H3;;;;;/q6*-1;;;;;;;;;. The zero-order valence-electron chi connectivity index (χ0n) is 82.2. The van der Waals surface area contributed by atoms with Gasteiger partial charge in [-0.05, 0) is 179 Å². The number of aromatic nitrogens is 6. The van der Waals surface area contributed by atoms with Gasteiger partial charge in [-0.1, -0.05) is 263 Å². The van der Waals surface area contributed by atoms with Crippen LogP contribution in [0.25, 0.3) is 143 Å². The number of rotatable bonds is 11. The van der Waals surface area contributed by atoms with Gasteiger partial charge in [0, 0.05) is 161 Å². The number of fused-ring (bicyclic) bond motifs is 10. The van der Waals surface area contributed by atoms with Crippen molar-refractivity contribution in [2.45, 2.75) is 101 Å². The van der Waals surface area contributed by atoms with Crippen LogP contribution < -0.4 is 0 Å². The molecule has 20 heteroatoms. The summed E-state index contributed by atoms with van der Waals surface area (Å²) in [6, 6.07) is 138. The van der Waals surface area contributed by atoms with Crippen LogP contribution >= 0.6 is 11.3 Å². The topological polar surface area (TPSA) is 227 Å². The summed E-state index contributed by atoms with van der Waals surface area (Å²) in [5, 5.41) is 39.4. The minimum atomic E-state index is -0.125. The second-order valence-corrected chi connectivity index (χ2v) is 35.0. The molecule has 12 aromatic carbocycles. The van der Waals surface area contributed by atoms with Crippen LogP contribution in [0.5, 0.6) is 0 Å². The molecule has 0 saturated carbocycles. The molecule has 0 spiro atoms. The first-order valence-electron chi connectivity index (χ1n) is 45.6. The maximum atomic E-state index is 10.0. The van der Waals surface area contributed by atoms with Crippen LogP contribution in [0, 0.1) is 43.3 Å². The van der Waals surface area contributed by atoms with Gasteiger partial charge in [-0.15, -0.1) is 189 Å². The molecular weight excluding hydrogens is 2710 g/mol. The van der Waals surface area contributed by atoms with Crippen molar-refractivity contribution in [2.24, 2.45) is 0 Å². The quantitative estimate of drug-likeness (QED) is 0.0537. The Morgan fingerprint density at radius 1 is 0.317 bits per heavy atom. The van der Waals surface area contributed by atoms with Crippen LogP contribution in [0.3, 0.4) is 0 Å². The van der Waals surface area contributed by atoms with Crippen molar-refractivity contribution < 1.29 is 140 Å². The SMILES string of the molecule is CC(=O)C=C(C)O.CC(=O)C=C(C)O.CC(=O)C=C(C)O.CC(=O)C=C(C)O.CC1(C)c2ccccc2-c2c[c-]c(-c3ccc4ccccc4n3)cc21.CC1(C)c2ccccc2-c2c[c-]c(-c3ccccn3)cc21.Cc1ccc[c-]c1-c1cc(-c2ccccc2)c2ccccc2n1.[Ir].[Ir].[Ir].[Ir].[Ir].[c-]1c(-c2ccccn2)sc2ccccc12.[c-]1ccccc1-c1ccccn1.[c-]1ccccc1-c1nccc2ccccc12. The number of para-hydroxylation sites is 2. The van der Waals surface area contributed by atoms with Gasteiger partial charge in [-0.2, -0.15) is 0 Å². The van der Waals surface area contributed by atoms with E-state index in [1.165, 1.54) is 173 Å². The maximum Gasteiger partial charge on any atom is 0.155 e. The molecule has 0 aliphatic heterocycles. The first kappa shape index (κ1) is 118. The zero-order chi connectivity index (χ0) is 99.7. The smallest absolute Gasteiger partial charge is 0.155 e. The molecule has 2 aliphatic carbocycles. The molecule has 0 unspecified atom stereocenters. The molecule has 7 aromatic heterocycles. The number of carbonyl (C=O) groups excluding carboxylic acids is 4. The Hall–Kier alpha value is -13.6. The van der Waals surface area contributed by atoms with Gasteiger partial charge >= 0.3 is 0 Å². The van der Waals surface area contributed by atoms with E-state index < -0.39 is 0 Å². The number of aliphatic hydroxyl groups is 4. The van der Waals surface area contributed by atoms with E-state index in [9.17, 15) is 19.2 Å². The molecule has 0 amide bonds. The predicted molar refractivity (Wildman–Crippen MR) is 573 cm³/mol. The van der Waals surface area contributed by atoms with E-state index in [0.29, 0.717) is 0 Å². The number of ketones is 4. The molecule has 19 aromatic rings. The molecule has 0 fully saturated rings. The number of aliphatic hydroxyl groups excluding tert-OH is 4. The summed E-state index contributed by atoms with van der Waals surface area (Å²) >= 11 is 1.73. The third-order valence-electron chi connectivity index (χ3n) is 22.1. The zero-order valence-corrected chi connectivity index (χ0v) is 95.0. The van der Waals surface area contributed by atoms with Gasteiger partial charge < -0.3 is 40.4 Å². The van der Waals surface area contributed by atoms with Gasteiger partial charge in [-0.25, -0.2) is 11.3 Å². The molecule has 145 heavy (non-hydrogen) atoms. The first-order chi connectivity index (χ1) is 67.5. The van der Waals surface area contributed by atoms with Gasteiger partial charge in [-0.3, -0.25) is 29.1 Å². The minimum Gasteiger partial charge on any atom is -0.512 e. The fourth-order valence-corrected chi connectivity index (χ4v) is 16.9. The molecule has 0 atom stereocenters. The summed E-state index contributed by atoms with van der Waals surface area (Å²) in [4.78, 5) is 68.3. The Balaban J connectivity index is 0.000000225. The molecule has 0 saturated heterocycles. The second-order valence-electron chi connectivity index (χ2n) is 34.0. The third kappa shape index (κ3) is 33.7. The molecule has 0 bridgehead atoms. The normalized spacial score (nSPS) is 11.6. The van der Waals surface area contributed by atoms with Crippen molar-refractivity contribution in [1.82, 2.24) is 29.9 Å². The van der Waals surface area contributed by atoms with E-state index in [0.717, 1.165) is 77.9 Å². The summed E-state index contributed by atoms with van der Waals surface area (Å²) < 4.78 is 1.26. The largest absolute Gasteiger partial charge is 0.512 e. The minimum absolute atomic E-state index is 0. The number of aryl methyl sites for hydroxylation is 1. The number of hydrogen-bond donors (Lipinski definition) is 4. The van der Waals surface area contributed by atoms with Gasteiger partial charge in [0.25, 0.3) is 0 Å². The number of nitrogens with zero attached hydrogens (tertiary/aromatic N) is 6. The van der Waals surface area contributed by atoms with E-state index in [4.69, 9.17) is 30.4 Å². The summed E-state index contributed by atoms with van der Waals surface area (Å²) in [6.07, 6.45) is 11.9. The summed E-state index contributed by atoms with van der Waals surface area (Å²) in [7, 11) is 0. The van der Waals surface area contributed by atoms with E-state index in [1.54, 1.807) is 17.5 Å². The Morgan fingerprint density at radius 3 is 1.23 bits per heavy atom. The average molecular weight is 2820 g/mol. The second kappa shape index (κ2) is 58.4.